The summed E-state index contributed by atoms with van der Waals surface area (Å²) in [5.41, 5.74) is 2.77. The van der Waals surface area contributed by atoms with E-state index >= 15 is 0 Å². The molecule has 0 aliphatic carbocycles. The van der Waals surface area contributed by atoms with E-state index < -0.39 is 0 Å². The number of hydrogen-bond donors (Lipinski definition) is 0. The molecule has 1 aliphatic rings. The molecule has 1 fully saturated rings. The minimum atomic E-state index is 0.0986. The average molecular weight is 415 g/mol. The molecule has 0 saturated carbocycles. The number of rotatable bonds is 9. The molecule has 2 aromatic rings. The van der Waals surface area contributed by atoms with E-state index in [1.165, 1.54) is 16.0 Å². The maximum absolute atomic E-state index is 12.7. The molecule has 2 unspecified atom stereocenters. The summed E-state index contributed by atoms with van der Waals surface area (Å²) < 4.78 is 5.15. The van der Waals surface area contributed by atoms with Crippen molar-refractivity contribution in [1.29, 1.82) is 0 Å². The Balaban J connectivity index is 1.81. The lowest BCUT2D eigenvalue weighted by molar-refractivity contribution is -0.136. The van der Waals surface area contributed by atoms with Crippen LogP contribution in [0.3, 0.4) is 0 Å². The van der Waals surface area contributed by atoms with Crippen molar-refractivity contribution in [1.82, 2.24) is 9.80 Å². The first-order valence-electron chi connectivity index (χ1n) is 10.5. The van der Waals surface area contributed by atoms with Gasteiger partial charge in [-0.05, 0) is 41.3 Å². The molecule has 5 heteroatoms. The molecule has 1 amide bonds. The highest BCUT2D eigenvalue weighted by Gasteiger charge is 2.36. The smallest absolute Gasteiger partial charge is 0.248 e. The van der Waals surface area contributed by atoms with Crippen LogP contribution in [-0.4, -0.2) is 55.6 Å². The Morgan fingerprint density at radius 1 is 1.24 bits per heavy atom. The monoisotopic (exact) mass is 414 g/mol. The van der Waals surface area contributed by atoms with Gasteiger partial charge >= 0.3 is 0 Å². The van der Waals surface area contributed by atoms with Gasteiger partial charge in [0.15, 0.2) is 0 Å². The number of aryl methyl sites for hydroxylation is 1. The molecular formula is C24H34N2O2S. The van der Waals surface area contributed by atoms with Gasteiger partial charge in [-0.3, -0.25) is 9.69 Å². The molecule has 3 rings (SSSR count). The highest BCUT2D eigenvalue weighted by Crippen LogP contribution is 2.36. The van der Waals surface area contributed by atoms with Crippen LogP contribution in [0, 0.1) is 18.8 Å². The molecular weight excluding hydrogens is 380 g/mol. The number of nitrogens with zero attached hydrogens (tertiary/aromatic N) is 2. The van der Waals surface area contributed by atoms with Gasteiger partial charge in [0.2, 0.25) is 5.91 Å². The van der Waals surface area contributed by atoms with E-state index in [9.17, 15) is 4.79 Å². The van der Waals surface area contributed by atoms with Gasteiger partial charge in [-0.1, -0.05) is 44.2 Å². The minimum absolute atomic E-state index is 0.0986. The zero-order valence-corrected chi connectivity index (χ0v) is 19.0. The number of likely N-dealkylation sites (tertiary alicyclic amines) is 1. The van der Waals surface area contributed by atoms with E-state index in [1.807, 2.05) is 16.2 Å². The number of thiophene rings is 1. The number of benzene rings is 1. The SMILES string of the molecule is COCC(=O)N(CC(C)C)CC1CN(Cc2cccs2)CC1c1ccccc1C. The summed E-state index contributed by atoms with van der Waals surface area (Å²) >= 11 is 1.82. The van der Waals surface area contributed by atoms with Gasteiger partial charge in [-0.15, -0.1) is 11.3 Å². The van der Waals surface area contributed by atoms with Crippen LogP contribution in [0.2, 0.25) is 0 Å². The van der Waals surface area contributed by atoms with Gasteiger partial charge < -0.3 is 9.64 Å². The van der Waals surface area contributed by atoms with Gasteiger partial charge in [0, 0.05) is 50.6 Å². The normalized spacial score (nSPS) is 19.8. The Kier molecular flexibility index (Phi) is 7.87. The summed E-state index contributed by atoms with van der Waals surface area (Å²) in [4.78, 5) is 18.7. The van der Waals surface area contributed by atoms with Gasteiger partial charge in [0.1, 0.15) is 6.61 Å². The second kappa shape index (κ2) is 10.4. The van der Waals surface area contributed by atoms with Crippen molar-refractivity contribution in [2.24, 2.45) is 11.8 Å². The van der Waals surface area contributed by atoms with Crippen molar-refractivity contribution in [2.75, 3.05) is 39.9 Å². The van der Waals surface area contributed by atoms with Crippen LogP contribution in [0.25, 0.3) is 0 Å². The van der Waals surface area contributed by atoms with Crippen molar-refractivity contribution in [3.63, 3.8) is 0 Å². The van der Waals surface area contributed by atoms with E-state index in [4.69, 9.17) is 4.74 Å². The quantitative estimate of drug-likeness (QED) is 0.610. The molecule has 0 radical (unpaired) electrons. The Bertz CT molecular complexity index is 775. The third kappa shape index (κ3) is 5.91. The maximum atomic E-state index is 12.7. The van der Waals surface area contributed by atoms with Crippen molar-refractivity contribution in [3.8, 4) is 0 Å². The average Bonchev–Trinajstić information content (AvgIpc) is 3.32. The summed E-state index contributed by atoms with van der Waals surface area (Å²) in [5, 5.41) is 2.15. The molecule has 1 aliphatic heterocycles. The number of hydrogen-bond acceptors (Lipinski definition) is 4. The number of ether oxygens (including phenoxy) is 1. The van der Waals surface area contributed by atoms with Gasteiger partial charge in [0.05, 0.1) is 0 Å². The Hall–Kier alpha value is -1.69. The molecule has 4 nitrogen and oxygen atoms in total. The summed E-state index contributed by atoms with van der Waals surface area (Å²) in [6, 6.07) is 13.1. The molecule has 1 saturated heterocycles. The molecule has 2 atom stereocenters. The summed E-state index contributed by atoms with van der Waals surface area (Å²) in [7, 11) is 1.60. The lowest BCUT2D eigenvalue weighted by Crippen LogP contribution is -2.41. The lowest BCUT2D eigenvalue weighted by atomic mass is 9.86. The number of carbonyl (C=O) groups excluding carboxylic acids is 1. The third-order valence-electron chi connectivity index (χ3n) is 5.73. The molecule has 29 heavy (non-hydrogen) atoms. The summed E-state index contributed by atoms with van der Waals surface area (Å²) in [6.07, 6.45) is 0. The maximum Gasteiger partial charge on any atom is 0.248 e. The fraction of sp³-hybridized carbons (Fsp3) is 0.542. The van der Waals surface area contributed by atoms with Crippen LogP contribution in [-0.2, 0) is 16.1 Å². The number of carbonyl (C=O) groups is 1. The molecule has 1 aromatic heterocycles. The van der Waals surface area contributed by atoms with Crippen LogP contribution in [0.5, 0.6) is 0 Å². The topological polar surface area (TPSA) is 32.8 Å². The Morgan fingerprint density at radius 3 is 2.69 bits per heavy atom. The highest BCUT2D eigenvalue weighted by atomic mass is 32.1. The van der Waals surface area contributed by atoms with Crippen LogP contribution in [0.1, 0.15) is 35.8 Å². The summed E-state index contributed by atoms with van der Waals surface area (Å²) in [6.45, 7) is 11.3. The van der Waals surface area contributed by atoms with E-state index in [0.717, 1.165) is 32.7 Å². The van der Waals surface area contributed by atoms with Crippen molar-refractivity contribution >= 4 is 17.2 Å². The predicted octanol–water partition coefficient (Wildman–Crippen LogP) is 4.40. The highest BCUT2D eigenvalue weighted by molar-refractivity contribution is 7.09. The lowest BCUT2D eigenvalue weighted by Gasteiger charge is -2.30. The third-order valence-corrected chi connectivity index (χ3v) is 6.59. The zero-order valence-electron chi connectivity index (χ0n) is 18.1. The minimum Gasteiger partial charge on any atom is -0.375 e. The molecule has 0 bridgehead atoms. The van der Waals surface area contributed by atoms with Crippen LogP contribution >= 0.6 is 11.3 Å². The van der Waals surface area contributed by atoms with Gasteiger partial charge in [0.25, 0.3) is 0 Å². The van der Waals surface area contributed by atoms with Crippen molar-refractivity contribution in [2.45, 2.75) is 33.2 Å². The number of methoxy groups -OCH3 is 1. The van der Waals surface area contributed by atoms with Crippen molar-refractivity contribution in [3.05, 3.63) is 57.8 Å². The molecule has 1 aromatic carbocycles. The van der Waals surface area contributed by atoms with E-state index in [2.05, 4.69) is 67.4 Å². The zero-order chi connectivity index (χ0) is 20.8. The molecule has 0 N–H and O–H groups in total. The predicted molar refractivity (Wildman–Crippen MR) is 120 cm³/mol. The number of amides is 1. The standard InChI is InChI=1S/C24H34N2O2S/c1-18(2)12-26(24(27)17-28-4)14-20-13-25(15-21-9-7-11-29-21)16-23(20)22-10-6-5-8-19(22)3/h5-11,18,20,23H,12-17H2,1-4H3. The second-order valence-corrected chi connectivity index (χ2v) is 9.65. The fourth-order valence-electron chi connectivity index (χ4n) is 4.47. The first-order chi connectivity index (χ1) is 14.0. The largest absolute Gasteiger partial charge is 0.375 e. The second-order valence-electron chi connectivity index (χ2n) is 8.62. The van der Waals surface area contributed by atoms with E-state index in [1.54, 1.807) is 7.11 Å². The van der Waals surface area contributed by atoms with Crippen LogP contribution in [0.4, 0.5) is 0 Å². The fourth-order valence-corrected chi connectivity index (χ4v) is 5.22. The first kappa shape index (κ1) is 22.0. The first-order valence-corrected chi connectivity index (χ1v) is 11.4. The molecule has 158 valence electrons. The van der Waals surface area contributed by atoms with E-state index in [-0.39, 0.29) is 12.5 Å². The van der Waals surface area contributed by atoms with Crippen LogP contribution in [0.15, 0.2) is 41.8 Å². The van der Waals surface area contributed by atoms with Crippen LogP contribution < -0.4 is 0 Å². The Labute approximate surface area is 179 Å². The molecule has 0 spiro atoms. The van der Waals surface area contributed by atoms with E-state index in [0.29, 0.717) is 17.8 Å². The van der Waals surface area contributed by atoms with Crippen molar-refractivity contribution < 1.29 is 9.53 Å². The Morgan fingerprint density at radius 2 is 2.03 bits per heavy atom. The summed E-state index contributed by atoms with van der Waals surface area (Å²) in [5.74, 6) is 1.41. The molecule has 2 heterocycles. The van der Waals surface area contributed by atoms with Gasteiger partial charge in [-0.2, -0.15) is 0 Å². The van der Waals surface area contributed by atoms with Gasteiger partial charge in [-0.25, -0.2) is 0 Å².